The molecule has 23 heavy (non-hydrogen) atoms. The van der Waals surface area contributed by atoms with Gasteiger partial charge in [-0.2, -0.15) is 0 Å². The molecule has 1 aromatic heterocycles. The van der Waals surface area contributed by atoms with Crippen LogP contribution in [0.3, 0.4) is 0 Å². The number of benzene rings is 1. The molecule has 1 amide bonds. The summed E-state index contributed by atoms with van der Waals surface area (Å²) in [7, 11) is 0. The summed E-state index contributed by atoms with van der Waals surface area (Å²) in [5, 5.41) is 6.81. The van der Waals surface area contributed by atoms with Gasteiger partial charge in [0.2, 0.25) is 0 Å². The van der Waals surface area contributed by atoms with Gasteiger partial charge < -0.3 is 9.84 Å². The number of nitrogens with zero attached hydrogens (tertiary/aromatic N) is 1. The van der Waals surface area contributed by atoms with Gasteiger partial charge in [-0.15, -0.1) is 0 Å². The van der Waals surface area contributed by atoms with Crippen molar-refractivity contribution in [3.05, 3.63) is 47.1 Å². The predicted octanol–water partition coefficient (Wildman–Crippen LogP) is 2.88. The molecule has 0 saturated heterocycles. The standard InChI is InChI=1S/C15H17FN4O2S/c1-8(2)13-12(9(3)20-22-13)14(21)18-19-15(23)17-11-6-4-10(16)5-7-11/h4-8H,1-3H3,(H,18,21)(H2,17,19,23). The van der Waals surface area contributed by atoms with Gasteiger partial charge in [0.05, 0.1) is 5.69 Å². The number of rotatable bonds is 3. The normalized spacial score (nSPS) is 10.5. The fourth-order valence-electron chi connectivity index (χ4n) is 1.93. The molecule has 6 nitrogen and oxygen atoms in total. The van der Waals surface area contributed by atoms with Gasteiger partial charge in [0.1, 0.15) is 11.4 Å². The zero-order chi connectivity index (χ0) is 17.0. The quantitative estimate of drug-likeness (QED) is 0.591. The molecule has 2 aromatic rings. The van der Waals surface area contributed by atoms with Crippen molar-refractivity contribution in [1.29, 1.82) is 0 Å². The first-order chi connectivity index (χ1) is 10.9. The summed E-state index contributed by atoms with van der Waals surface area (Å²) in [6.07, 6.45) is 0. The van der Waals surface area contributed by atoms with Crippen LogP contribution in [0, 0.1) is 12.7 Å². The molecule has 1 heterocycles. The highest BCUT2D eigenvalue weighted by Gasteiger charge is 2.22. The summed E-state index contributed by atoms with van der Waals surface area (Å²) in [4.78, 5) is 12.2. The number of aryl methyl sites for hydroxylation is 1. The minimum absolute atomic E-state index is 0.0289. The monoisotopic (exact) mass is 336 g/mol. The van der Waals surface area contributed by atoms with Crippen LogP contribution in [0.5, 0.6) is 0 Å². The van der Waals surface area contributed by atoms with Crippen molar-refractivity contribution in [1.82, 2.24) is 16.0 Å². The smallest absolute Gasteiger partial charge is 0.275 e. The van der Waals surface area contributed by atoms with Gasteiger partial charge >= 0.3 is 0 Å². The number of hydrogen-bond donors (Lipinski definition) is 3. The maximum Gasteiger partial charge on any atom is 0.275 e. The zero-order valence-corrected chi connectivity index (χ0v) is 13.8. The number of carbonyl (C=O) groups excluding carboxylic acids is 1. The first kappa shape index (κ1) is 16.9. The molecular formula is C15H17FN4O2S. The van der Waals surface area contributed by atoms with Crippen molar-refractivity contribution < 1.29 is 13.7 Å². The molecule has 0 spiro atoms. The molecule has 0 bridgehead atoms. The van der Waals surface area contributed by atoms with Gasteiger partial charge in [-0.05, 0) is 43.4 Å². The molecule has 2 rings (SSSR count). The lowest BCUT2D eigenvalue weighted by molar-refractivity contribution is 0.0941. The molecule has 0 aliphatic carbocycles. The second-order valence-electron chi connectivity index (χ2n) is 5.20. The molecule has 0 radical (unpaired) electrons. The van der Waals surface area contributed by atoms with E-state index in [1.807, 2.05) is 13.8 Å². The van der Waals surface area contributed by atoms with E-state index in [0.29, 0.717) is 22.7 Å². The Balaban J connectivity index is 1.95. The van der Waals surface area contributed by atoms with E-state index in [9.17, 15) is 9.18 Å². The Morgan fingerprint density at radius 1 is 1.26 bits per heavy atom. The number of amides is 1. The SMILES string of the molecule is Cc1noc(C(C)C)c1C(=O)NNC(=S)Nc1ccc(F)cc1. The van der Waals surface area contributed by atoms with E-state index in [4.69, 9.17) is 16.7 Å². The third-order valence-electron chi connectivity index (χ3n) is 3.03. The van der Waals surface area contributed by atoms with Crippen molar-refractivity contribution in [2.24, 2.45) is 0 Å². The van der Waals surface area contributed by atoms with Gasteiger partial charge in [-0.25, -0.2) is 4.39 Å². The van der Waals surface area contributed by atoms with E-state index in [-0.39, 0.29) is 16.8 Å². The van der Waals surface area contributed by atoms with E-state index in [2.05, 4.69) is 21.3 Å². The summed E-state index contributed by atoms with van der Waals surface area (Å²) >= 11 is 5.06. The number of carbonyl (C=O) groups is 1. The topological polar surface area (TPSA) is 79.2 Å². The van der Waals surface area contributed by atoms with E-state index >= 15 is 0 Å². The highest BCUT2D eigenvalue weighted by atomic mass is 32.1. The molecule has 3 N–H and O–H groups in total. The van der Waals surface area contributed by atoms with E-state index in [1.165, 1.54) is 24.3 Å². The van der Waals surface area contributed by atoms with Crippen LogP contribution in [0.2, 0.25) is 0 Å². The highest BCUT2D eigenvalue weighted by molar-refractivity contribution is 7.80. The summed E-state index contributed by atoms with van der Waals surface area (Å²) in [6.45, 7) is 5.51. The number of halogens is 1. The first-order valence-electron chi connectivity index (χ1n) is 6.97. The van der Waals surface area contributed by atoms with Crippen LogP contribution in [0.1, 0.15) is 41.6 Å². The molecule has 0 fully saturated rings. The molecule has 8 heteroatoms. The molecule has 0 unspecified atom stereocenters. The Labute approximate surface area is 138 Å². The maximum absolute atomic E-state index is 12.8. The van der Waals surface area contributed by atoms with Crippen LogP contribution in [-0.4, -0.2) is 16.2 Å². The van der Waals surface area contributed by atoms with Crippen LogP contribution >= 0.6 is 12.2 Å². The van der Waals surface area contributed by atoms with Crippen LogP contribution in [0.25, 0.3) is 0 Å². The molecular weight excluding hydrogens is 319 g/mol. The lowest BCUT2D eigenvalue weighted by atomic mass is 10.1. The lowest BCUT2D eigenvalue weighted by Crippen LogP contribution is -2.44. The van der Waals surface area contributed by atoms with E-state index in [0.717, 1.165) is 0 Å². The molecule has 0 aliphatic heterocycles. The molecule has 1 aromatic carbocycles. The number of thiocarbonyl (C=S) groups is 1. The third kappa shape index (κ3) is 4.26. The summed E-state index contributed by atoms with van der Waals surface area (Å²) in [5.74, 6) is -0.192. The Hall–Kier alpha value is -2.48. The van der Waals surface area contributed by atoms with Crippen LogP contribution in [-0.2, 0) is 0 Å². The maximum atomic E-state index is 12.8. The second kappa shape index (κ2) is 7.19. The predicted molar refractivity (Wildman–Crippen MR) is 88.6 cm³/mol. The van der Waals surface area contributed by atoms with Crippen molar-refractivity contribution >= 4 is 28.9 Å². The van der Waals surface area contributed by atoms with Crippen LogP contribution in [0.15, 0.2) is 28.8 Å². The average molecular weight is 336 g/mol. The number of anilines is 1. The van der Waals surface area contributed by atoms with Crippen molar-refractivity contribution in [3.8, 4) is 0 Å². The van der Waals surface area contributed by atoms with Crippen molar-refractivity contribution in [2.45, 2.75) is 26.7 Å². The Morgan fingerprint density at radius 2 is 1.91 bits per heavy atom. The number of nitrogens with one attached hydrogen (secondary N) is 3. The minimum atomic E-state index is -0.393. The van der Waals surface area contributed by atoms with Gasteiger partial charge in [0, 0.05) is 11.6 Å². The summed E-state index contributed by atoms with van der Waals surface area (Å²) in [6, 6.07) is 5.68. The lowest BCUT2D eigenvalue weighted by Gasteiger charge is -2.12. The average Bonchev–Trinajstić information content (AvgIpc) is 2.89. The van der Waals surface area contributed by atoms with E-state index in [1.54, 1.807) is 6.92 Å². The Bertz CT molecular complexity index is 713. The molecule has 0 saturated carbocycles. The van der Waals surface area contributed by atoms with Gasteiger partial charge in [0.25, 0.3) is 5.91 Å². The van der Waals surface area contributed by atoms with Gasteiger partial charge in [-0.3, -0.25) is 15.6 Å². The Morgan fingerprint density at radius 3 is 2.52 bits per heavy atom. The molecule has 0 atom stereocenters. The third-order valence-corrected chi connectivity index (χ3v) is 3.24. The minimum Gasteiger partial charge on any atom is -0.360 e. The largest absolute Gasteiger partial charge is 0.360 e. The number of aromatic nitrogens is 1. The molecule has 122 valence electrons. The van der Waals surface area contributed by atoms with E-state index < -0.39 is 5.91 Å². The van der Waals surface area contributed by atoms with Crippen LogP contribution < -0.4 is 16.2 Å². The fourth-order valence-corrected chi connectivity index (χ4v) is 2.10. The first-order valence-corrected chi connectivity index (χ1v) is 7.38. The second-order valence-corrected chi connectivity index (χ2v) is 5.61. The number of hydrogen-bond acceptors (Lipinski definition) is 4. The summed E-state index contributed by atoms with van der Waals surface area (Å²) < 4.78 is 18.0. The van der Waals surface area contributed by atoms with Crippen LogP contribution in [0.4, 0.5) is 10.1 Å². The zero-order valence-electron chi connectivity index (χ0n) is 12.9. The number of hydrazine groups is 1. The van der Waals surface area contributed by atoms with Gasteiger partial charge in [-0.1, -0.05) is 19.0 Å². The van der Waals surface area contributed by atoms with Crippen molar-refractivity contribution in [3.63, 3.8) is 0 Å². The summed E-state index contributed by atoms with van der Waals surface area (Å²) in [5.41, 5.74) is 6.56. The highest BCUT2D eigenvalue weighted by Crippen LogP contribution is 2.21. The van der Waals surface area contributed by atoms with Gasteiger partial charge in [0.15, 0.2) is 10.9 Å². The Kier molecular flexibility index (Phi) is 5.28. The van der Waals surface area contributed by atoms with Crippen molar-refractivity contribution in [2.75, 3.05) is 5.32 Å². The fraction of sp³-hybridized carbons (Fsp3) is 0.267. The molecule has 0 aliphatic rings.